The van der Waals surface area contributed by atoms with Crippen LogP contribution in [0.1, 0.15) is 31.7 Å². The first kappa shape index (κ1) is 19.3. The lowest BCUT2D eigenvalue weighted by Gasteiger charge is -2.13. The molecular weight excluding hydrogens is 362 g/mol. The number of phenols is 1. The van der Waals surface area contributed by atoms with Gasteiger partial charge in [0.25, 0.3) is 5.91 Å². The number of carboxylic acid groups (broad SMARTS) is 1. The summed E-state index contributed by atoms with van der Waals surface area (Å²) >= 11 is 6.46. The molecule has 0 radical (unpaired) electrons. The van der Waals surface area contributed by atoms with Crippen molar-refractivity contribution in [1.82, 2.24) is 4.90 Å². The molecule has 1 fully saturated rings. The van der Waals surface area contributed by atoms with Gasteiger partial charge in [-0.2, -0.15) is 0 Å². The number of ether oxygens (including phenoxy) is 1. The summed E-state index contributed by atoms with van der Waals surface area (Å²) in [4.78, 5) is 25.0. The van der Waals surface area contributed by atoms with Crippen LogP contribution in [-0.4, -0.2) is 44.5 Å². The molecule has 2 N–H and O–H groups in total. The normalized spacial score (nSPS) is 15.9. The van der Waals surface area contributed by atoms with Crippen LogP contribution in [0.3, 0.4) is 0 Å². The number of aromatic hydroxyl groups is 1. The Kier molecular flexibility index (Phi) is 6.83. The second kappa shape index (κ2) is 8.87. The molecule has 1 heterocycles. The Labute approximate surface area is 155 Å². The van der Waals surface area contributed by atoms with Crippen LogP contribution in [0.4, 0.5) is 0 Å². The highest BCUT2D eigenvalue weighted by atomic mass is 32.2. The van der Waals surface area contributed by atoms with Gasteiger partial charge in [0.2, 0.25) is 0 Å². The number of rotatable bonds is 8. The van der Waals surface area contributed by atoms with Gasteiger partial charge in [-0.25, -0.2) is 0 Å². The van der Waals surface area contributed by atoms with Crippen molar-refractivity contribution in [3.8, 4) is 11.5 Å². The van der Waals surface area contributed by atoms with Crippen molar-refractivity contribution in [2.45, 2.75) is 26.2 Å². The molecule has 6 nitrogen and oxygen atoms in total. The number of carboxylic acids is 1. The molecule has 1 amide bonds. The average Bonchev–Trinajstić information content (AvgIpc) is 2.81. The van der Waals surface area contributed by atoms with E-state index in [1.54, 1.807) is 18.2 Å². The fourth-order valence-electron chi connectivity index (χ4n) is 2.28. The van der Waals surface area contributed by atoms with E-state index in [-0.39, 0.29) is 18.1 Å². The van der Waals surface area contributed by atoms with E-state index in [1.807, 2.05) is 6.92 Å². The molecule has 0 spiro atoms. The standard InChI is InChI=1S/C17H19NO5S2/c1-2-23-13-9-11(6-7-12(13)19)10-14-16(22)18(17(24)25-14)8-4-3-5-15(20)21/h6-7,9-10,19H,2-5,8H2,1H3,(H,20,21)/b14-10-. The van der Waals surface area contributed by atoms with Crippen LogP contribution in [0, 0.1) is 0 Å². The highest BCUT2D eigenvalue weighted by molar-refractivity contribution is 8.26. The zero-order chi connectivity index (χ0) is 18.4. The number of carbonyl (C=O) groups excluding carboxylic acids is 1. The van der Waals surface area contributed by atoms with Gasteiger partial charge in [-0.3, -0.25) is 14.5 Å². The summed E-state index contributed by atoms with van der Waals surface area (Å²) in [6.45, 7) is 2.66. The lowest BCUT2D eigenvalue weighted by Crippen LogP contribution is -2.29. The first-order chi connectivity index (χ1) is 11.9. The largest absolute Gasteiger partial charge is 0.504 e. The monoisotopic (exact) mass is 381 g/mol. The first-order valence-corrected chi connectivity index (χ1v) is 9.07. The Morgan fingerprint density at radius 3 is 2.84 bits per heavy atom. The van der Waals surface area contributed by atoms with E-state index in [0.717, 1.165) is 5.56 Å². The average molecular weight is 381 g/mol. The van der Waals surface area contributed by atoms with Gasteiger partial charge in [0.15, 0.2) is 11.5 Å². The molecule has 0 bridgehead atoms. The molecule has 25 heavy (non-hydrogen) atoms. The molecule has 1 aromatic rings. The summed E-state index contributed by atoms with van der Waals surface area (Å²) in [6.07, 6.45) is 2.87. The van der Waals surface area contributed by atoms with Crippen molar-refractivity contribution in [1.29, 1.82) is 0 Å². The Hall–Kier alpha value is -2.06. The van der Waals surface area contributed by atoms with Crippen LogP contribution in [0.25, 0.3) is 6.08 Å². The minimum atomic E-state index is -0.845. The molecule has 0 atom stereocenters. The summed E-state index contributed by atoms with van der Waals surface area (Å²) in [6, 6.07) is 4.87. The maximum absolute atomic E-state index is 12.5. The van der Waals surface area contributed by atoms with Gasteiger partial charge in [0.1, 0.15) is 4.32 Å². The highest BCUT2D eigenvalue weighted by Crippen LogP contribution is 2.34. The predicted molar refractivity (Wildman–Crippen MR) is 101 cm³/mol. The molecule has 0 aromatic heterocycles. The second-order valence-corrected chi connectivity index (χ2v) is 7.02. The topological polar surface area (TPSA) is 87.1 Å². The smallest absolute Gasteiger partial charge is 0.303 e. The molecule has 1 saturated heterocycles. The van der Waals surface area contributed by atoms with Crippen molar-refractivity contribution >= 4 is 46.3 Å². The number of aliphatic carboxylic acids is 1. The molecule has 8 heteroatoms. The lowest BCUT2D eigenvalue weighted by atomic mass is 10.2. The zero-order valence-electron chi connectivity index (χ0n) is 13.7. The van der Waals surface area contributed by atoms with E-state index < -0.39 is 5.97 Å². The van der Waals surface area contributed by atoms with E-state index in [1.165, 1.54) is 22.7 Å². The van der Waals surface area contributed by atoms with Crippen LogP contribution < -0.4 is 4.74 Å². The van der Waals surface area contributed by atoms with Gasteiger partial charge in [-0.1, -0.05) is 30.0 Å². The summed E-state index contributed by atoms with van der Waals surface area (Å²) in [5.41, 5.74) is 0.729. The molecule has 1 aliphatic rings. The molecule has 0 saturated carbocycles. The van der Waals surface area contributed by atoms with Gasteiger partial charge in [0, 0.05) is 13.0 Å². The molecule has 0 aliphatic carbocycles. The number of carbonyl (C=O) groups is 2. The Morgan fingerprint density at radius 2 is 2.16 bits per heavy atom. The summed E-state index contributed by atoms with van der Waals surface area (Å²) in [5.74, 6) is -0.621. The number of unbranched alkanes of at least 4 members (excludes halogenated alkanes) is 1. The molecule has 1 aromatic carbocycles. The number of phenolic OH excluding ortho intramolecular Hbond substituents is 1. The van der Waals surface area contributed by atoms with Crippen LogP contribution >= 0.6 is 24.0 Å². The number of hydrogen-bond acceptors (Lipinski definition) is 6. The van der Waals surface area contributed by atoms with E-state index in [4.69, 9.17) is 22.1 Å². The molecular formula is C17H19NO5S2. The van der Waals surface area contributed by atoms with E-state index in [0.29, 0.717) is 41.0 Å². The van der Waals surface area contributed by atoms with Crippen molar-refractivity contribution in [3.63, 3.8) is 0 Å². The minimum Gasteiger partial charge on any atom is -0.504 e. The Balaban J connectivity index is 2.06. The SMILES string of the molecule is CCOc1cc(/C=C2\SC(=S)N(CCCCC(=O)O)C2=O)ccc1O. The van der Waals surface area contributed by atoms with E-state index in [9.17, 15) is 14.7 Å². The zero-order valence-corrected chi connectivity index (χ0v) is 15.4. The third-order valence-corrected chi connectivity index (χ3v) is 4.86. The molecule has 0 unspecified atom stereocenters. The minimum absolute atomic E-state index is 0.0463. The third-order valence-electron chi connectivity index (χ3n) is 3.48. The Morgan fingerprint density at radius 1 is 1.40 bits per heavy atom. The van der Waals surface area contributed by atoms with Crippen LogP contribution in [0.15, 0.2) is 23.1 Å². The Bertz CT molecular complexity index is 717. The molecule has 1 aliphatic heterocycles. The third kappa shape index (κ3) is 5.20. The van der Waals surface area contributed by atoms with E-state index >= 15 is 0 Å². The maximum atomic E-state index is 12.5. The molecule has 2 rings (SSSR count). The molecule has 134 valence electrons. The van der Waals surface area contributed by atoms with Crippen molar-refractivity contribution in [2.24, 2.45) is 0 Å². The van der Waals surface area contributed by atoms with Crippen molar-refractivity contribution in [2.75, 3.05) is 13.2 Å². The van der Waals surface area contributed by atoms with Crippen molar-refractivity contribution < 1.29 is 24.5 Å². The van der Waals surface area contributed by atoms with Gasteiger partial charge in [-0.15, -0.1) is 0 Å². The number of nitrogens with zero attached hydrogens (tertiary/aromatic N) is 1. The first-order valence-electron chi connectivity index (χ1n) is 7.85. The summed E-state index contributed by atoms with van der Waals surface area (Å²) in [7, 11) is 0. The van der Waals surface area contributed by atoms with Gasteiger partial charge >= 0.3 is 5.97 Å². The second-order valence-electron chi connectivity index (χ2n) is 5.34. The summed E-state index contributed by atoms with van der Waals surface area (Å²) in [5, 5.41) is 18.4. The van der Waals surface area contributed by atoms with Crippen LogP contribution in [0.5, 0.6) is 11.5 Å². The number of amides is 1. The van der Waals surface area contributed by atoms with Gasteiger partial charge < -0.3 is 14.9 Å². The van der Waals surface area contributed by atoms with Gasteiger partial charge in [-0.05, 0) is 43.5 Å². The van der Waals surface area contributed by atoms with Gasteiger partial charge in [0.05, 0.1) is 11.5 Å². The quantitative estimate of drug-likeness (QED) is 0.406. The maximum Gasteiger partial charge on any atom is 0.303 e. The lowest BCUT2D eigenvalue weighted by molar-refractivity contribution is -0.137. The fourth-order valence-corrected chi connectivity index (χ4v) is 3.59. The van der Waals surface area contributed by atoms with E-state index in [2.05, 4.69) is 0 Å². The highest BCUT2D eigenvalue weighted by Gasteiger charge is 2.31. The summed E-state index contributed by atoms with van der Waals surface area (Å²) < 4.78 is 5.81. The van der Waals surface area contributed by atoms with Crippen LogP contribution in [0.2, 0.25) is 0 Å². The fraction of sp³-hybridized carbons (Fsp3) is 0.353. The van der Waals surface area contributed by atoms with Crippen molar-refractivity contribution in [3.05, 3.63) is 28.7 Å². The predicted octanol–water partition coefficient (Wildman–Crippen LogP) is 3.25. The number of benzene rings is 1. The number of thiocarbonyl (C=S) groups is 1. The number of hydrogen-bond donors (Lipinski definition) is 2. The number of thioether (sulfide) groups is 1. The van der Waals surface area contributed by atoms with Crippen LogP contribution in [-0.2, 0) is 9.59 Å².